The third-order valence-corrected chi connectivity index (χ3v) is 3.54. The number of hydrogen-bond acceptors (Lipinski definition) is 1. The second-order valence-electron chi connectivity index (χ2n) is 4.87. The first-order chi connectivity index (χ1) is 7.44. The van der Waals surface area contributed by atoms with Crippen molar-refractivity contribution in [3.63, 3.8) is 0 Å². The van der Waals surface area contributed by atoms with E-state index in [-0.39, 0.29) is 0 Å². The zero-order valence-electron chi connectivity index (χ0n) is 9.75. The van der Waals surface area contributed by atoms with Gasteiger partial charge in [-0.05, 0) is 54.7 Å². The summed E-state index contributed by atoms with van der Waals surface area (Å²) >= 11 is 3.49. The molecule has 2 rings (SSSR count). The Bertz CT molecular complexity index is 517. The summed E-state index contributed by atoms with van der Waals surface area (Å²) in [4.78, 5) is 0. The Labute approximate surface area is 106 Å². The van der Waals surface area contributed by atoms with Crippen LogP contribution < -0.4 is 4.43 Å². The standard InChI is InChI=1S/C13H15BrOSi/c1-16(2,3)15-13-7-5-10-4-6-12(14)8-11(10)9-13/h4-9H,1-3H3. The van der Waals surface area contributed by atoms with E-state index in [0.29, 0.717) is 0 Å². The van der Waals surface area contributed by atoms with Gasteiger partial charge in [-0.25, -0.2) is 0 Å². The molecule has 0 aliphatic rings. The molecule has 0 radical (unpaired) electrons. The van der Waals surface area contributed by atoms with E-state index in [1.54, 1.807) is 0 Å². The molecule has 0 saturated carbocycles. The molecular formula is C13H15BrOSi. The number of hydrogen-bond donors (Lipinski definition) is 0. The second-order valence-corrected chi connectivity index (χ2v) is 10.2. The highest BCUT2D eigenvalue weighted by molar-refractivity contribution is 9.10. The van der Waals surface area contributed by atoms with Crippen LogP contribution in [0.2, 0.25) is 19.6 Å². The molecule has 0 N–H and O–H groups in total. The molecule has 3 heteroatoms. The Morgan fingerprint density at radius 2 is 1.62 bits per heavy atom. The molecule has 0 fully saturated rings. The average molecular weight is 295 g/mol. The van der Waals surface area contributed by atoms with Crippen LogP contribution >= 0.6 is 15.9 Å². The third kappa shape index (κ3) is 2.86. The summed E-state index contributed by atoms with van der Waals surface area (Å²) in [7, 11) is -1.51. The van der Waals surface area contributed by atoms with E-state index >= 15 is 0 Å². The molecule has 0 unspecified atom stereocenters. The lowest BCUT2D eigenvalue weighted by molar-refractivity contribution is 0.558. The number of benzene rings is 2. The van der Waals surface area contributed by atoms with Crippen molar-refractivity contribution in [1.29, 1.82) is 0 Å². The molecule has 84 valence electrons. The van der Waals surface area contributed by atoms with Crippen LogP contribution in [-0.2, 0) is 0 Å². The summed E-state index contributed by atoms with van der Waals surface area (Å²) in [5, 5.41) is 2.45. The smallest absolute Gasteiger partial charge is 0.242 e. The zero-order valence-corrected chi connectivity index (χ0v) is 12.3. The van der Waals surface area contributed by atoms with Crippen LogP contribution in [0.1, 0.15) is 0 Å². The van der Waals surface area contributed by atoms with Crippen molar-refractivity contribution < 1.29 is 4.43 Å². The molecular weight excluding hydrogens is 280 g/mol. The molecule has 2 aromatic carbocycles. The molecule has 0 bridgehead atoms. The Balaban J connectivity index is 2.43. The largest absolute Gasteiger partial charge is 0.544 e. The van der Waals surface area contributed by atoms with Crippen LogP contribution in [0.3, 0.4) is 0 Å². The SMILES string of the molecule is C[Si](C)(C)Oc1ccc2ccc(Br)cc2c1. The number of halogens is 1. The van der Waals surface area contributed by atoms with Crippen LogP contribution in [0.15, 0.2) is 40.9 Å². The molecule has 0 aromatic heterocycles. The minimum Gasteiger partial charge on any atom is -0.544 e. The number of rotatable bonds is 2. The lowest BCUT2D eigenvalue weighted by Crippen LogP contribution is -2.29. The maximum Gasteiger partial charge on any atom is 0.242 e. The molecule has 0 saturated heterocycles. The van der Waals surface area contributed by atoms with Gasteiger partial charge in [-0.1, -0.05) is 28.1 Å². The highest BCUT2D eigenvalue weighted by Crippen LogP contribution is 2.25. The fraction of sp³-hybridized carbons (Fsp3) is 0.231. The summed E-state index contributed by atoms with van der Waals surface area (Å²) < 4.78 is 7.08. The van der Waals surface area contributed by atoms with Crippen LogP contribution in [0.5, 0.6) is 5.75 Å². The molecule has 16 heavy (non-hydrogen) atoms. The summed E-state index contributed by atoms with van der Waals surface area (Å²) in [5.41, 5.74) is 0. The van der Waals surface area contributed by atoms with Crippen LogP contribution in [-0.4, -0.2) is 8.32 Å². The maximum atomic E-state index is 5.97. The normalized spacial score (nSPS) is 11.8. The molecule has 0 amide bonds. The van der Waals surface area contributed by atoms with Gasteiger partial charge in [0, 0.05) is 4.47 Å². The van der Waals surface area contributed by atoms with Crippen molar-refractivity contribution in [2.75, 3.05) is 0 Å². The molecule has 0 spiro atoms. The van der Waals surface area contributed by atoms with Gasteiger partial charge < -0.3 is 4.43 Å². The van der Waals surface area contributed by atoms with Gasteiger partial charge in [0.1, 0.15) is 5.75 Å². The zero-order chi connectivity index (χ0) is 11.8. The summed E-state index contributed by atoms with van der Waals surface area (Å²) in [6.45, 7) is 6.58. The van der Waals surface area contributed by atoms with Gasteiger partial charge >= 0.3 is 0 Å². The van der Waals surface area contributed by atoms with Crippen molar-refractivity contribution >= 4 is 35.0 Å². The Kier molecular flexibility index (Phi) is 3.08. The predicted molar refractivity (Wildman–Crippen MR) is 75.6 cm³/mol. The minimum atomic E-state index is -1.51. The summed E-state index contributed by atoms with van der Waals surface area (Å²) in [6, 6.07) is 12.6. The molecule has 0 aliphatic carbocycles. The first kappa shape index (κ1) is 11.7. The van der Waals surface area contributed by atoms with Crippen molar-refractivity contribution in [3.05, 3.63) is 40.9 Å². The molecule has 2 aromatic rings. The van der Waals surface area contributed by atoms with Crippen molar-refractivity contribution in [1.82, 2.24) is 0 Å². The average Bonchev–Trinajstić information content (AvgIpc) is 2.14. The summed E-state index contributed by atoms with van der Waals surface area (Å²) in [6.07, 6.45) is 0. The van der Waals surface area contributed by atoms with Gasteiger partial charge in [0.25, 0.3) is 0 Å². The van der Waals surface area contributed by atoms with Crippen molar-refractivity contribution in [2.24, 2.45) is 0 Å². The number of fused-ring (bicyclic) bond motifs is 1. The van der Waals surface area contributed by atoms with E-state index in [9.17, 15) is 0 Å². The van der Waals surface area contributed by atoms with Crippen LogP contribution in [0, 0.1) is 0 Å². The highest BCUT2D eigenvalue weighted by atomic mass is 79.9. The Hall–Kier alpha value is -0.803. The fourth-order valence-corrected chi connectivity index (χ4v) is 2.83. The second kappa shape index (κ2) is 4.22. The van der Waals surface area contributed by atoms with Gasteiger partial charge in [0.15, 0.2) is 0 Å². The molecule has 0 aliphatic heterocycles. The van der Waals surface area contributed by atoms with E-state index in [2.05, 4.69) is 72.0 Å². The van der Waals surface area contributed by atoms with Gasteiger partial charge in [0.2, 0.25) is 8.32 Å². The van der Waals surface area contributed by atoms with E-state index in [4.69, 9.17) is 4.43 Å². The highest BCUT2D eigenvalue weighted by Gasteiger charge is 2.16. The molecule has 0 atom stereocenters. The first-order valence-electron chi connectivity index (χ1n) is 5.32. The Morgan fingerprint density at radius 1 is 0.938 bits per heavy atom. The van der Waals surface area contributed by atoms with Gasteiger partial charge in [-0.15, -0.1) is 0 Å². The van der Waals surface area contributed by atoms with Gasteiger partial charge in [0.05, 0.1) is 0 Å². The topological polar surface area (TPSA) is 9.23 Å². The first-order valence-corrected chi connectivity index (χ1v) is 9.52. The minimum absolute atomic E-state index is 0.977. The van der Waals surface area contributed by atoms with Crippen molar-refractivity contribution in [3.8, 4) is 5.75 Å². The summed E-state index contributed by atoms with van der Waals surface area (Å²) in [5.74, 6) is 0.977. The molecule has 1 nitrogen and oxygen atoms in total. The van der Waals surface area contributed by atoms with E-state index < -0.39 is 8.32 Å². The maximum absolute atomic E-state index is 5.97. The lowest BCUT2D eigenvalue weighted by Gasteiger charge is -2.19. The molecule has 0 heterocycles. The van der Waals surface area contributed by atoms with Crippen LogP contribution in [0.25, 0.3) is 10.8 Å². The third-order valence-electron chi connectivity index (χ3n) is 2.20. The predicted octanol–water partition coefficient (Wildman–Crippen LogP) is 4.82. The Morgan fingerprint density at radius 3 is 2.31 bits per heavy atom. The van der Waals surface area contributed by atoms with E-state index in [1.165, 1.54) is 10.8 Å². The van der Waals surface area contributed by atoms with E-state index in [1.807, 2.05) is 0 Å². The fourth-order valence-electron chi connectivity index (χ4n) is 1.61. The van der Waals surface area contributed by atoms with E-state index in [0.717, 1.165) is 10.2 Å². The lowest BCUT2D eigenvalue weighted by atomic mass is 10.1. The van der Waals surface area contributed by atoms with Gasteiger partial charge in [-0.3, -0.25) is 0 Å². The van der Waals surface area contributed by atoms with Crippen molar-refractivity contribution in [2.45, 2.75) is 19.6 Å². The van der Waals surface area contributed by atoms with Gasteiger partial charge in [-0.2, -0.15) is 0 Å². The monoisotopic (exact) mass is 294 g/mol. The van der Waals surface area contributed by atoms with Crippen LogP contribution in [0.4, 0.5) is 0 Å². The quantitative estimate of drug-likeness (QED) is 0.722.